The molecule has 0 amide bonds. The molecule has 0 bridgehead atoms. The predicted octanol–water partition coefficient (Wildman–Crippen LogP) is 2.27. The third-order valence-corrected chi connectivity index (χ3v) is 2.72. The van der Waals surface area contributed by atoms with Crippen molar-refractivity contribution in [2.24, 2.45) is 0 Å². The van der Waals surface area contributed by atoms with Crippen molar-refractivity contribution in [2.45, 2.75) is 12.8 Å². The van der Waals surface area contributed by atoms with Gasteiger partial charge in [-0.15, -0.1) is 0 Å². The Kier molecular flexibility index (Phi) is 5.77. The van der Waals surface area contributed by atoms with E-state index >= 15 is 0 Å². The number of hydrogen-bond acceptors (Lipinski definition) is 3. The van der Waals surface area contributed by atoms with Crippen molar-refractivity contribution in [3.63, 3.8) is 0 Å². The lowest BCUT2D eigenvalue weighted by Crippen LogP contribution is -2.20. The Morgan fingerprint density at radius 2 is 2.12 bits per heavy atom. The van der Waals surface area contributed by atoms with Crippen molar-refractivity contribution in [3.8, 4) is 5.75 Å². The normalized spacial score (nSPS) is 10.4. The molecule has 0 saturated carbocycles. The number of anilines is 1. The smallest absolute Gasteiger partial charge is 0.142 e. The Balaban J connectivity index is 2.60. The number of nitrogens with one attached hydrogen (secondary N) is 1. The second-order valence-electron chi connectivity index (χ2n) is 4.05. The number of methoxy groups -OCH3 is 1. The molecule has 0 heterocycles. The summed E-state index contributed by atoms with van der Waals surface area (Å²) in [5, 5.41) is 3.11. The highest BCUT2D eigenvalue weighted by Crippen LogP contribution is 2.28. The number of ether oxygens (including phenoxy) is 1. The van der Waals surface area contributed by atoms with Crippen LogP contribution < -0.4 is 15.0 Å². The molecular formula is C13H21FN2O. The van der Waals surface area contributed by atoms with Gasteiger partial charge in [0, 0.05) is 19.7 Å². The molecule has 1 aromatic rings. The van der Waals surface area contributed by atoms with Crippen molar-refractivity contribution in [1.82, 2.24) is 5.32 Å². The van der Waals surface area contributed by atoms with E-state index in [1.54, 1.807) is 13.2 Å². The lowest BCUT2D eigenvalue weighted by molar-refractivity contribution is 0.413. The molecule has 3 nitrogen and oxygen atoms in total. The van der Waals surface area contributed by atoms with Crippen LogP contribution in [-0.4, -0.2) is 34.3 Å². The molecule has 1 rings (SSSR count). The molecule has 0 aliphatic heterocycles. The van der Waals surface area contributed by atoms with Crippen LogP contribution in [0.3, 0.4) is 0 Å². The van der Waals surface area contributed by atoms with Crippen LogP contribution in [0.1, 0.15) is 12.8 Å². The van der Waals surface area contributed by atoms with Crippen LogP contribution in [0, 0.1) is 5.82 Å². The summed E-state index contributed by atoms with van der Waals surface area (Å²) in [5.74, 6) is 0.477. The van der Waals surface area contributed by atoms with E-state index in [4.69, 9.17) is 4.74 Å². The first-order valence-corrected chi connectivity index (χ1v) is 5.88. The Morgan fingerprint density at radius 3 is 2.76 bits per heavy atom. The monoisotopic (exact) mass is 240 g/mol. The zero-order chi connectivity index (χ0) is 12.7. The van der Waals surface area contributed by atoms with Gasteiger partial charge in [-0.1, -0.05) is 0 Å². The lowest BCUT2D eigenvalue weighted by atomic mass is 10.2. The van der Waals surface area contributed by atoms with E-state index in [1.807, 2.05) is 19.0 Å². The van der Waals surface area contributed by atoms with Crippen LogP contribution in [-0.2, 0) is 0 Å². The molecule has 0 atom stereocenters. The summed E-state index contributed by atoms with van der Waals surface area (Å²) in [6, 6.07) is 4.59. The molecular weight excluding hydrogens is 219 g/mol. The predicted molar refractivity (Wildman–Crippen MR) is 69.4 cm³/mol. The van der Waals surface area contributed by atoms with E-state index in [0.717, 1.165) is 31.6 Å². The van der Waals surface area contributed by atoms with Gasteiger partial charge in [0.15, 0.2) is 0 Å². The molecule has 0 saturated heterocycles. The van der Waals surface area contributed by atoms with Crippen molar-refractivity contribution in [2.75, 3.05) is 39.2 Å². The fourth-order valence-corrected chi connectivity index (χ4v) is 1.73. The minimum absolute atomic E-state index is 0.233. The molecule has 17 heavy (non-hydrogen) atoms. The van der Waals surface area contributed by atoms with E-state index in [-0.39, 0.29) is 5.82 Å². The first-order valence-electron chi connectivity index (χ1n) is 5.88. The summed E-state index contributed by atoms with van der Waals surface area (Å²) in [6.07, 6.45) is 2.18. The number of hydrogen-bond donors (Lipinski definition) is 1. The van der Waals surface area contributed by atoms with Gasteiger partial charge in [0.05, 0.1) is 12.8 Å². The SMILES string of the molecule is CNCCCCN(C)c1cc(F)ccc1OC. The fourth-order valence-electron chi connectivity index (χ4n) is 1.73. The molecule has 0 aliphatic carbocycles. The Labute approximate surface area is 103 Å². The topological polar surface area (TPSA) is 24.5 Å². The van der Waals surface area contributed by atoms with E-state index < -0.39 is 0 Å². The molecule has 0 aromatic heterocycles. The zero-order valence-corrected chi connectivity index (χ0v) is 10.8. The number of rotatable bonds is 7. The fraction of sp³-hybridized carbons (Fsp3) is 0.538. The highest BCUT2D eigenvalue weighted by atomic mass is 19.1. The second kappa shape index (κ2) is 7.12. The third-order valence-electron chi connectivity index (χ3n) is 2.72. The van der Waals surface area contributed by atoms with E-state index in [0.29, 0.717) is 5.75 Å². The van der Waals surface area contributed by atoms with Gasteiger partial charge in [-0.05, 0) is 38.6 Å². The highest BCUT2D eigenvalue weighted by Gasteiger charge is 2.08. The van der Waals surface area contributed by atoms with Gasteiger partial charge in [0.2, 0.25) is 0 Å². The van der Waals surface area contributed by atoms with Crippen LogP contribution in [0.15, 0.2) is 18.2 Å². The van der Waals surface area contributed by atoms with Crippen molar-refractivity contribution >= 4 is 5.69 Å². The maximum Gasteiger partial charge on any atom is 0.142 e. The standard InChI is InChI=1S/C13H21FN2O/c1-15-8-4-5-9-16(2)12-10-11(14)6-7-13(12)17-3/h6-7,10,15H,4-5,8-9H2,1-3H3. The molecule has 0 fully saturated rings. The van der Waals surface area contributed by atoms with Gasteiger partial charge < -0.3 is 15.0 Å². The Morgan fingerprint density at radius 1 is 1.35 bits per heavy atom. The molecule has 96 valence electrons. The molecule has 1 aromatic carbocycles. The van der Waals surface area contributed by atoms with E-state index in [1.165, 1.54) is 12.1 Å². The van der Waals surface area contributed by atoms with Crippen LogP contribution in [0.4, 0.5) is 10.1 Å². The van der Waals surface area contributed by atoms with Gasteiger partial charge in [-0.25, -0.2) is 4.39 Å². The minimum Gasteiger partial charge on any atom is -0.495 e. The number of nitrogens with zero attached hydrogens (tertiary/aromatic N) is 1. The quantitative estimate of drug-likeness (QED) is 0.740. The highest BCUT2D eigenvalue weighted by molar-refractivity contribution is 5.58. The largest absolute Gasteiger partial charge is 0.495 e. The molecule has 0 spiro atoms. The summed E-state index contributed by atoms with van der Waals surface area (Å²) in [5.41, 5.74) is 0.803. The third kappa shape index (κ3) is 4.23. The van der Waals surface area contributed by atoms with Crippen LogP contribution in [0.2, 0.25) is 0 Å². The van der Waals surface area contributed by atoms with Gasteiger partial charge in [0.25, 0.3) is 0 Å². The summed E-state index contributed by atoms with van der Waals surface area (Å²) in [7, 11) is 5.50. The van der Waals surface area contributed by atoms with Crippen molar-refractivity contribution < 1.29 is 9.13 Å². The van der Waals surface area contributed by atoms with Crippen LogP contribution >= 0.6 is 0 Å². The molecule has 1 N–H and O–H groups in total. The van der Waals surface area contributed by atoms with Gasteiger partial charge >= 0.3 is 0 Å². The Bertz CT molecular complexity index is 344. The number of benzene rings is 1. The van der Waals surface area contributed by atoms with Crippen molar-refractivity contribution in [3.05, 3.63) is 24.0 Å². The van der Waals surface area contributed by atoms with Gasteiger partial charge in [-0.2, -0.15) is 0 Å². The maximum absolute atomic E-state index is 13.2. The number of unbranched alkanes of at least 4 members (excludes halogenated alkanes) is 1. The molecule has 0 unspecified atom stereocenters. The summed E-state index contributed by atoms with van der Waals surface area (Å²) in [6.45, 7) is 1.90. The first-order chi connectivity index (χ1) is 8.19. The number of halogens is 1. The zero-order valence-electron chi connectivity index (χ0n) is 10.8. The lowest BCUT2D eigenvalue weighted by Gasteiger charge is -2.21. The molecule has 0 aliphatic rings. The van der Waals surface area contributed by atoms with Gasteiger partial charge in [0.1, 0.15) is 11.6 Å². The van der Waals surface area contributed by atoms with E-state index in [2.05, 4.69) is 5.32 Å². The maximum atomic E-state index is 13.2. The summed E-state index contributed by atoms with van der Waals surface area (Å²) < 4.78 is 18.4. The summed E-state index contributed by atoms with van der Waals surface area (Å²) in [4.78, 5) is 2.03. The average Bonchev–Trinajstić information content (AvgIpc) is 2.34. The first kappa shape index (κ1) is 13.8. The van der Waals surface area contributed by atoms with Crippen LogP contribution in [0.5, 0.6) is 5.75 Å². The van der Waals surface area contributed by atoms with Gasteiger partial charge in [-0.3, -0.25) is 0 Å². The molecule has 4 heteroatoms. The van der Waals surface area contributed by atoms with Crippen LogP contribution in [0.25, 0.3) is 0 Å². The second-order valence-corrected chi connectivity index (χ2v) is 4.05. The summed E-state index contributed by atoms with van der Waals surface area (Å²) >= 11 is 0. The molecule has 0 radical (unpaired) electrons. The van der Waals surface area contributed by atoms with E-state index in [9.17, 15) is 4.39 Å². The minimum atomic E-state index is -0.233. The van der Waals surface area contributed by atoms with Crippen molar-refractivity contribution in [1.29, 1.82) is 0 Å². The Hall–Kier alpha value is -1.29. The average molecular weight is 240 g/mol.